The van der Waals surface area contributed by atoms with Crippen LogP contribution in [-0.2, 0) is 6.42 Å². The van der Waals surface area contributed by atoms with Crippen LogP contribution in [0.3, 0.4) is 0 Å². The zero-order valence-corrected chi connectivity index (χ0v) is 12.0. The monoisotopic (exact) mass is 265 g/mol. The van der Waals surface area contributed by atoms with Gasteiger partial charge in [-0.2, -0.15) is 11.8 Å². The molecule has 0 spiro atoms. The SMILES string of the molecule is CSC1CCC(NC(C)Cc2ccc(O)cc2)C1. The Balaban J connectivity index is 1.78. The average Bonchev–Trinajstić information content (AvgIpc) is 2.79. The van der Waals surface area contributed by atoms with Crippen LogP contribution in [-0.4, -0.2) is 28.7 Å². The summed E-state index contributed by atoms with van der Waals surface area (Å²) < 4.78 is 0. The van der Waals surface area contributed by atoms with Crippen molar-refractivity contribution in [1.29, 1.82) is 0 Å². The highest BCUT2D eigenvalue weighted by molar-refractivity contribution is 7.99. The maximum absolute atomic E-state index is 9.26. The fraction of sp³-hybridized carbons (Fsp3) is 0.600. The molecule has 1 aromatic carbocycles. The molecule has 0 bridgehead atoms. The number of thioether (sulfide) groups is 1. The van der Waals surface area contributed by atoms with Gasteiger partial charge in [0.2, 0.25) is 0 Å². The van der Waals surface area contributed by atoms with Crippen LogP contribution in [0.2, 0.25) is 0 Å². The molecule has 0 radical (unpaired) electrons. The van der Waals surface area contributed by atoms with Crippen molar-refractivity contribution in [3.05, 3.63) is 29.8 Å². The van der Waals surface area contributed by atoms with Crippen LogP contribution < -0.4 is 5.32 Å². The molecule has 0 aliphatic heterocycles. The van der Waals surface area contributed by atoms with Crippen LogP contribution in [0.1, 0.15) is 31.7 Å². The predicted octanol–water partition coefficient (Wildman–Crippen LogP) is 3.20. The molecule has 18 heavy (non-hydrogen) atoms. The van der Waals surface area contributed by atoms with E-state index in [9.17, 15) is 5.11 Å². The first-order valence-corrected chi connectivity index (χ1v) is 8.03. The molecular weight excluding hydrogens is 242 g/mol. The van der Waals surface area contributed by atoms with Crippen molar-refractivity contribution in [2.24, 2.45) is 0 Å². The van der Waals surface area contributed by atoms with E-state index in [2.05, 4.69) is 18.5 Å². The van der Waals surface area contributed by atoms with Crippen LogP contribution in [0.15, 0.2) is 24.3 Å². The van der Waals surface area contributed by atoms with E-state index in [0.717, 1.165) is 11.7 Å². The molecule has 100 valence electrons. The molecular formula is C15H23NOS. The maximum Gasteiger partial charge on any atom is 0.115 e. The van der Waals surface area contributed by atoms with E-state index >= 15 is 0 Å². The third kappa shape index (κ3) is 3.92. The number of rotatable bonds is 5. The summed E-state index contributed by atoms with van der Waals surface area (Å²) in [4.78, 5) is 0. The minimum Gasteiger partial charge on any atom is -0.508 e. The smallest absolute Gasteiger partial charge is 0.115 e. The van der Waals surface area contributed by atoms with Gasteiger partial charge in [-0.25, -0.2) is 0 Å². The molecule has 2 N–H and O–H groups in total. The molecule has 2 nitrogen and oxygen atoms in total. The summed E-state index contributed by atoms with van der Waals surface area (Å²) in [6.45, 7) is 2.25. The van der Waals surface area contributed by atoms with Gasteiger partial charge in [-0.3, -0.25) is 0 Å². The van der Waals surface area contributed by atoms with Crippen molar-refractivity contribution >= 4 is 11.8 Å². The number of hydrogen-bond donors (Lipinski definition) is 2. The fourth-order valence-corrected chi connectivity index (χ4v) is 3.55. The van der Waals surface area contributed by atoms with Crippen LogP contribution in [0.4, 0.5) is 0 Å². The van der Waals surface area contributed by atoms with Crippen LogP contribution in [0, 0.1) is 0 Å². The number of aromatic hydroxyl groups is 1. The number of hydrogen-bond acceptors (Lipinski definition) is 3. The Morgan fingerprint density at radius 1 is 1.33 bits per heavy atom. The Kier molecular flexibility index (Phi) is 4.95. The number of nitrogens with one attached hydrogen (secondary N) is 1. The molecule has 0 heterocycles. The lowest BCUT2D eigenvalue weighted by molar-refractivity contribution is 0.448. The molecule has 2 rings (SSSR count). The standard InChI is InChI=1S/C15H23NOS/c1-11(9-12-3-6-14(17)7-4-12)16-13-5-8-15(10-13)18-2/h3-4,6-7,11,13,15-17H,5,8-10H2,1-2H3. The Hall–Kier alpha value is -0.670. The van der Waals surface area contributed by atoms with E-state index in [1.165, 1.54) is 24.8 Å². The van der Waals surface area contributed by atoms with Gasteiger partial charge in [0.05, 0.1) is 0 Å². The minimum absolute atomic E-state index is 0.345. The average molecular weight is 265 g/mol. The lowest BCUT2D eigenvalue weighted by Crippen LogP contribution is -2.36. The largest absolute Gasteiger partial charge is 0.508 e. The minimum atomic E-state index is 0.345. The predicted molar refractivity (Wildman–Crippen MR) is 79.4 cm³/mol. The third-order valence-corrected chi connectivity index (χ3v) is 4.81. The van der Waals surface area contributed by atoms with Crippen molar-refractivity contribution in [2.45, 2.75) is 49.9 Å². The van der Waals surface area contributed by atoms with Crippen molar-refractivity contribution in [3.8, 4) is 5.75 Å². The maximum atomic E-state index is 9.26. The summed E-state index contributed by atoms with van der Waals surface area (Å²) in [7, 11) is 0. The Labute approximate surface area is 114 Å². The summed E-state index contributed by atoms with van der Waals surface area (Å²) in [5.74, 6) is 0.345. The second-order valence-corrected chi connectivity index (χ2v) is 6.44. The second kappa shape index (κ2) is 6.48. The highest BCUT2D eigenvalue weighted by atomic mass is 32.2. The van der Waals surface area contributed by atoms with E-state index in [-0.39, 0.29) is 0 Å². The Morgan fingerprint density at radius 2 is 2.06 bits per heavy atom. The van der Waals surface area contributed by atoms with E-state index in [0.29, 0.717) is 17.8 Å². The first-order chi connectivity index (χ1) is 8.67. The first kappa shape index (κ1) is 13.8. The molecule has 3 unspecified atom stereocenters. The third-order valence-electron chi connectivity index (χ3n) is 3.72. The molecule has 1 saturated carbocycles. The van der Waals surface area contributed by atoms with Crippen LogP contribution in [0.5, 0.6) is 5.75 Å². The Bertz CT molecular complexity index is 365. The van der Waals surface area contributed by atoms with Crippen molar-refractivity contribution < 1.29 is 5.11 Å². The zero-order chi connectivity index (χ0) is 13.0. The van der Waals surface area contributed by atoms with Gasteiger partial charge < -0.3 is 10.4 Å². The Morgan fingerprint density at radius 3 is 2.67 bits per heavy atom. The highest BCUT2D eigenvalue weighted by Gasteiger charge is 2.24. The van der Waals surface area contributed by atoms with Gasteiger partial charge in [0.15, 0.2) is 0 Å². The van der Waals surface area contributed by atoms with E-state index in [1.54, 1.807) is 12.1 Å². The lowest BCUT2D eigenvalue weighted by atomic mass is 10.1. The normalized spacial score (nSPS) is 25.2. The number of phenolic OH excluding ortho intramolecular Hbond substituents is 1. The summed E-state index contributed by atoms with van der Waals surface area (Å²) in [6.07, 6.45) is 7.21. The van der Waals surface area contributed by atoms with Crippen molar-refractivity contribution in [2.75, 3.05) is 6.26 Å². The van der Waals surface area contributed by atoms with Gasteiger partial charge in [-0.05, 0) is 56.6 Å². The summed E-state index contributed by atoms with van der Waals surface area (Å²) in [5, 5.41) is 13.8. The second-order valence-electron chi connectivity index (χ2n) is 5.31. The van der Waals surface area contributed by atoms with E-state index in [1.807, 2.05) is 23.9 Å². The molecule has 1 aliphatic rings. The van der Waals surface area contributed by atoms with Gasteiger partial charge in [0.25, 0.3) is 0 Å². The van der Waals surface area contributed by atoms with Gasteiger partial charge >= 0.3 is 0 Å². The van der Waals surface area contributed by atoms with Crippen molar-refractivity contribution in [1.82, 2.24) is 5.32 Å². The van der Waals surface area contributed by atoms with Gasteiger partial charge in [-0.1, -0.05) is 12.1 Å². The molecule has 1 fully saturated rings. The molecule has 0 saturated heterocycles. The summed E-state index contributed by atoms with van der Waals surface area (Å²) in [5.41, 5.74) is 1.28. The first-order valence-electron chi connectivity index (χ1n) is 6.74. The van der Waals surface area contributed by atoms with E-state index < -0.39 is 0 Å². The topological polar surface area (TPSA) is 32.3 Å². The lowest BCUT2D eigenvalue weighted by Gasteiger charge is -2.19. The van der Waals surface area contributed by atoms with E-state index in [4.69, 9.17) is 0 Å². The van der Waals surface area contributed by atoms with Gasteiger partial charge in [0, 0.05) is 17.3 Å². The van der Waals surface area contributed by atoms with Crippen LogP contribution >= 0.6 is 11.8 Å². The molecule has 3 heteroatoms. The molecule has 3 atom stereocenters. The molecule has 0 amide bonds. The molecule has 1 aliphatic carbocycles. The summed E-state index contributed by atoms with van der Waals surface area (Å²) >= 11 is 2.00. The van der Waals surface area contributed by atoms with Gasteiger partial charge in [0.1, 0.15) is 5.75 Å². The summed E-state index contributed by atoms with van der Waals surface area (Å²) in [6, 6.07) is 8.73. The fourth-order valence-electron chi connectivity index (χ4n) is 2.75. The molecule has 0 aromatic heterocycles. The van der Waals surface area contributed by atoms with Crippen LogP contribution in [0.25, 0.3) is 0 Å². The highest BCUT2D eigenvalue weighted by Crippen LogP contribution is 2.28. The van der Waals surface area contributed by atoms with Gasteiger partial charge in [-0.15, -0.1) is 0 Å². The molecule has 1 aromatic rings. The number of phenols is 1. The number of benzene rings is 1. The van der Waals surface area contributed by atoms with Crippen molar-refractivity contribution in [3.63, 3.8) is 0 Å². The zero-order valence-electron chi connectivity index (χ0n) is 11.2. The quantitative estimate of drug-likeness (QED) is 0.857.